The van der Waals surface area contributed by atoms with E-state index < -0.39 is 0 Å². The van der Waals surface area contributed by atoms with E-state index in [4.69, 9.17) is 4.74 Å². The smallest absolute Gasteiger partial charge is 0.122 e. The van der Waals surface area contributed by atoms with E-state index in [1.807, 2.05) is 0 Å². The molecule has 0 fully saturated rings. The van der Waals surface area contributed by atoms with E-state index in [0.29, 0.717) is 5.92 Å². The molecule has 0 saturated heterocycles. The van der Waals surface area contributed by atoms with Crippen LogP contribution in [0.25, 0.3) is 0 Å². The predicted octanol–water partition coefficient (Wildman–Crippen LogP) is 3.20. The fourth-order valence-corrected chi connectivity index (χ4v) is 1.46. The molecule has 0 bridgehead atoms. The summed E-state index contributed by atoms with van der Waals surface area (Å²) in [5.41, 5.74) is 2.56. The Hall–Kier alpha value is -0.980. The molecule has 1 heteroatoms. The third-order valence-corrected chi connectivity index (χ3v) is 2.12. The zero-order valence-electron chi connectivity index (χ0n) is 8.92. The summed E-state index contributed by atoms with van der Waals surface area (Å²) < 4.78 is 5.27. The maximum Gasteiger partial charge on any atom is 0.122 e. The van der Waals surface area contributed by atoms with Crippen LogP contribution in [-0.4, -0.2) is 7.11 Å². The van der Waals surface area contributed by atoms with Crippen LogP contribution in [-0.2, 0) is 6.42 Å². The van der Waals surface area contributed by atoms with E-state index in [-0.39, 0.29) is 0 Å². The number of rotatable bonds is 3. The molecule has 0 radical (unpaired) electrons. The van der Waals surface area contributed by atoms with Crippen LogP contribution in [0.5, 0.6) is 5.75 Å². The second-order valence-corrected chi connectivity index (χ2v) is 3.90. The number of hydrogen-bond acceptors (Lipinski definition) is 1. The van der Waals surface area contributed by atoms with Gasteiger partial charge in [0, 0.05) is 0 Å². The summed E-state index contributed by atoms with van der Waals surface area (Å²) in [6.07, 6.45) is 1.12. The van der Waals surface area contributed by atoms with Crippen molar-refractivity contribution in [1.82, 2.24) is 0 Å². The largest absolute Gasteiger partial charge is 0.496 e. The molecule has 0 aromatic heterocycles. The number of hydrogen-bond donors (Lipinski definition) is 0. The van der Waals surface area contributed by atoms with E-state index in [9.17, 15) is 0 Å². The van der Waals surface area contributed by atoms with E-state index in [0.717, 1.165) is 12.2 Å². The first-order chi connectivity index (χ1) is 6.13. The molecule has 0 saturated carbocycles. The predicted molar refractivity (Wildman–Crippen MR) is 56.3 cm³/mol. The summed E-state index contributed by atoms with van der Waals surface area (Å²) in [5.74, 6) is 1.70. The van der Waals surface area contributed by atoms with Crippen molar-refractivity contribution in [3.8, 4) is 5.75 Å². The third kappa shape index (κ3) is 2.76. The summed E-state index contributed by atoms with van der Waals surface area (Å²) in [6.45, 7) is 6.52. The molecular formula is C12H18O. The van der Waals surface area contributed by atoms with Crippen LogP contribution >= 0.6 is 0 Å². The van der Waals surface area contributed by atoms with Gasteiger partial charge in [-0.15, -0.1) is 0 Å². The van der Waals surface area contributed by atoms with Crippen LogP contribution in [0.4, 0.5) is 0 Å². The Morgan fingerprint density at radius 1 is 1.31 bits per heavy atom. The van der Waals surface area contributed by atoms with Gasteiger partial charge in [-0.05, 0) is 36.5 Å². The van der Waals surface area contributed by atoms with Gasteiger partial charge in [0.25, 0.3) is 0 Å². The highest BCUT2D eigenvalue weighted by molar-refractivity contribution is 5.36. The molecule has 0 heterocycles. The van der Waals surface area contributed by atoms with E-state index >= 15 is 0 Å². The first-order valence-electron chi connectivity index (χ1n) is 4.77. The lowest BCUT2D eigenvalue weighted by Crippen LogP contribution is -1.95. The third-order valence-electron chi connectivity index (χ3n) is 2.12. The minimum absolute atomic E-state index is 0.701. The van der Waals surface area contributed by atoms with Gasteiger partial charge in [0.05, 0.1) is 7.11 Å². The van der Waals surface area contributed by atoms with E-state index in [2.05, 4.69) is 39.0 Å². The van der Waals surface area contributed by atoms with Gasteiger partial charge in [0.15, 0.2) is 0 Å². The molecule has 0 aliphatic carbocycles. The monoisotopic (exact) mass is 178 g/mol. The van der Waals surface area contributed by atoms with Gasteiger partial charge < -0.3 is 4.74 Å². The lowest BCUT2D eigenvalue weighted by molar-refractivity contribution is 0.411. The van der Waals surface area contributed by atoms with Crippen LogP contribution < -0.4 is 4.74 Å². The zero-order chi connectivity index (χ0) is 9.84. The number of aryl methyl sites for hydroxylation is 1. The zero-order valence-corrected chi connectivity index (χ0v) is 8.92. The Balaban J connectivity index is 2.86. The Morgan fingerprint density at radius 2 is 2.00 bits per heavy atom. The van der Waals surface area contributed by atoms with Gasteiger partial charge in [0.2, 0.25) is 0 Å². The molecular weight excluding hydrogens is 160 g/mol. The molecule has 0 aliphatic heterocycles. The Labute approximate surface area is 80.7 Å². The molecule has 0 atom stereocenters. The van der Waals surface area contributed by atoms with Gasteiger partial charge in [-0.1, -0.05) is 26.0 Å². The molecule has 0 N–H and O–H groups in total. The average Bonchev–Trinajstić information content (AvgIpc) is 2.07. The average molecular weight is 178 g/mol. The van der Waals surface area contributed by atoms with E-state index in [1.165, 1.54) is 11.1 Å². The normalized spacial score (nSPS) is 10.5. The Bertz CT molecular complexity index is 276. The SMILES string of the molecule is COc1cc(CC(C)C)ccc1C. The highest BCUT2D eigenvalue weighted by Crippen LogP contribution is 2.20. The van der Waals surface area contributed by atoms with Crippen LogP contribution in [0.3, 0.4) is 0 Å². The van der Waals surface area contributed by atoms with Crippen molar-refractivity contribution in [2.24, 2.45) is 5.92 Å². The molecule has 0 unspecified atom stereocenters. The summed E-state index contributed by atoms with van der Waals surface area (Å²) in [5, 5.41) is 0. The summed E-state index contributed by atoms with van der Waals surface area (Å²) in [4.78, 5) is 0. The van der Waals surface area contributed by atoms with E-state index in [1.54, 1.807) is 7.11 Å². The van der Waals surface area contributed by atoms with Crippen LogP contribution in [0.15, 0.2) is 18.2 Å². The standard InChI is InChI=1S/C12H18O/c1-9(2)7-11-6-5-10(3)12(8-11)13-4/h5-6,8-9H,7H2,1-4H3. The fourth-order valence-electron chi connectivity index (χ4n) is 1.46. The van der Waals surface area contributed by atoms with Crippen molar-refractivity contribution in [1.29, 1.82) is 0 Å². The second-order valence-electron chi connectivity index (χ2n) is 3.90. The minimum Gasteiger partial charge on any atom is -0.496 e. The lowest BCUT2D eigenvalue weighted by atomic mass is 10.0. The van der Waals surface area contributed by atoms with Crippen molar-refractivity contribution in [3.63, 3.8) is 0 Å². The summed E-state index contributed by atoms with van der Waals surface area (Å²) in [6, 6.07) is 6.43. The quantitative estimate of drug-likeness (QED) is 0.690. The number of methoxy groups -OCH3 is 1. The Morgan fingerprint density at radius 3 is 2.54 bits per heavy atom. The van der Waals surface area contributed by atoms with Crippen molar-refractivity contribution < 1.29 is 4.74 Å². The van der Waals surface area contributed by atoms with Gasteiger partial charge in [-0.3, -0.25) is 0 Å². The maximum absolute atomic E-state index is 5.27. The Kier molecular flexibility index (Phi) is 3.35. The molecule has 1 nitrogen and oxygen atoms in total. The van der Waals surface area contributed by atoms with Gasteiger partial charge in [-0.25, -0.2) is 0 Å². The maximum atomic E-state index is 5.27. The first kappa shape index (κ1) is 10.1. The van der Waals surface area contributed by atoms with Gasteiger partial charge in [0.1, 0.15) is 5.75 Å². The molecule has 1 aromatic rings. The molecule has 1 aromatic carbocycles. The van der Waals surface area contributed by atoms with Crippen molar-refractivity contribution >= 4 is 0 Å². The molecule has 13 heavy (non-hydrogen) atoms. The van der Waals surface area contributed by atoms with Gasteiger partial charge in [-0.2, -0.15) is 0 Å². The fraction of sp³-hybridized carbons (Fsp3) is 0.500. The molecule has 0 aliphatic rings. The summed E-state index contributed by atoms with van der Waals surface area (Å²) >= 11 is 0. The number of benzene rings is 1. The van der Waals surface area contributed by atoms with Crippen LogP contribution in [0, 0.1) is 12.8 Å². The van der Waals surface area contributed by atoms with Crippen molar-refractivity contribution in [2.75, 3.05) is 7.11 Å². The highest BCUT2D eigenvalue weighted by atomic mass is 16.5. The molecule has 0 spiro atoms. The van der Waals surface area contributed by atoms with Crippen LogP contribution in [0.2, 0.25) is 0 Å². The minimum atomic E-state index is 0.701. The van der Waals surface area contributed by atoms with Crippen molar-refractivity contribution in [3.05, 3.63) is 29.3 Å². The summed E-state index contributed by atoms with van der Waals surface area (Å²) in [7, 11) is 1.72. The van der Waals surface area contributed by atoms with Crippen LogP contribution in [0.1, 0.15) is 25.0 Å². The first-order valence-corrected chi connectivity index (χ1v) is 4.77. The topological polar surface area (TPSA) is 9.23 Å². The molecule has 72 valence electrons. The molecule has 1 rings (SSSR count). The number of ether oxygens (including phenoxy) is 1. The lowest BCUT2D eigenvalue weighted by Gasteiger charge is -2.09. The molecule has 0 amide bonds. The second kappa shape index (κ2) is 4.31. The van der Waals surface area contributed by atoms with Gasteiger partial charge >= 0.3 is 0 Å². The highest BCUT2D eigenvalue weighted by Gasteiger charge is 2.01. The van der Waals surface area contributed by atoms with Crippen molar-refractivity contribution in [2.45, 2.75) is 27.2 Å².